The summed E-state index contributed by atoms with van der Waals surface area (Å²) in [6, 6.07) is 6.34. The standard InChI is InChI=1S/C11H7ClF3N3/c12-7-9(8(13)11(15)18-10(7)14)17-6-4-2-1-3-5(6)16/h1-4H,16H2,(H,17,18). The minimum Gasteiger partial charge on any atom is -0.397 e. The molecule has 0 saturated carbocycles. The lowest BCUT2D eigenvalue weighted by Crippen LogP contribution is -2.04. The van der Waals surface area contributed by atoms with E-state index in [0.29, 0.717) is 0 Å². The maximum absolute atomic E-state index is 13.5. The van der Waals surface area contributed by atoms with Gasteiger partial charge < -0.3 is 11.1 Å². The van der Waals surface area contributed by atoms with Gasteiger partial charge in [0.25, 0.3) is 5.95 Å². The van der Waals surface area contributed by atoms with Crippen LogP contribution in [0.25, 0.3) is 0 Å². The van der Waals surface area contributed by atoms with E-state index in [2.05, 4.69) is 10.3 Å². The highest BCUT2D eigenvalue weighted by Crippen LogP contribution is 2.32. The number of pyridine rings is 1. The third-order valence-corrected chi connectivity index (χ3v) is 2.56. The van der Waals surface area contributed by atoms with Gasteiger partial charge in [-0.2, -0.15) is 18.2 Å². The zero-order valence-electron chi connectivity index (χ0n) is 8.85. The molecule has 0 aliphatic heterocycles. The van der Waals surface area contributed by atoms with Crippen molar-refractivity contribution < 1.29 is 13.2 Å². The zero-order chi connectivity index (χ0) is 13.3. The van der Waals surface area contributed by atoms with Crippen LogP contribution < -0.4 is 11.1 Å². The summed E-state index contributed by atoms with van der Waals surface area (Å²) in [6.07, 6.45) is 0. The van der Waals surface area contributed by atoms with Crippen LogP contribution in [0.5, 0.6) is 0 Å². The molecule has 1 aromatic heterocycles. The Hall–Kier alpha value is -1.95. The topological polar surface area (TPSA) is 50.9 Å². The Bertz CT molecular complexity index is 578. The second-order valence-electron chi connectivity index (χ2n) is 3.41. The third kappa shape index (κ3) is 2.19. The average Bonchev–Trinajstić information content (AvgIpc) is 2.34. The molecule has 3 nitrogen and oxygen atoms in total. The molecule has 0 spiro atoms. The Labute approximate surface area is 105 Å². The highest BCUT2D eigenvalue weighted by molar-refractivity contribution is 6.33. The van der Waals surface area contributed by atoms with Crippen molar-refractivity contribution in [3.05, 3.63) is 47.0 Å². The van der Waals surface area contributed by atoms with Gasteiger partial charge in [-0.3, -0.25) is 0 Å². The summed E-state index contributed by atoms with van der Waals surface area (Å²) in [5.41, 5.74) is 5.64. The van der Waals surface area contributed by atoms with Crippen LogP contribution in [0.2, 0.25) is 5.02 Å². The summed E-state index contributed by atoms with van der Waals surface area (Å²) < 4.78 is 39.5. The van der Waals surface area contributed by atoms with Crippen LogP contribution >= 0.6 is 11.6 Å². The fourth-order valence-corrected chi connectivity index (χ4v) is 1.51. The van der Waals surface area contributed by atoms with Gasteiger partial charge in [-0.25, -0.2) is 0 Å². The maximum Gasteiger partial charge on any atom is 0.253 e. The minimum atomic E-state index is -1.58. The molecule has 0 unspecified atom stereocenters. The molecule has 0 aliphatic rings. The van der Waals surface area contributed by atoms with Crippen LogP contribution in [0.3, 0.4) is 0 Å². The quantitative estimate of drug-likeness (QED) is 0.651. The van der Waals surface area contributed by atoms with Gasteiger partial charge in [0.1, 0.15) is 10.7 Å². The highest BCUT2D eigenvalue weighted by atomic mass is 35.5. The van der Waals surface area contributed by atoms with Crippen LogP contribution in [0.4, 0.5) is 30.2 Å². The van der Waals surface area contributed by atoms with E-state index in [0.717, 1.165) is 0 Å². The molecule has 1 aromatic carbocycles. The number of halogens is 4. The van der Waals surface area contributed by atoms with E-state index in [-0.39, 0.29) is 11.4 Å². The molecule has 0 radical (unpaired) electrons. The van der Waals surface area contributed by atoms with Crippen molar-refractivity contribution >= 4 is 28.7 Å². The zero-order valence-corrected chi connectivity index (χ0v) is 9.60. The molecule has 18 heavy (non-hydrogen) atoms. The van der Waals surface area contributed by atoms with E-state index in [9.17, 15) is 13.2 Å². The first-order valence-electron chi connectivity index (χ1n) is 4.82. The van der Waals surface area contributed by atoms with E-state index in [1.54, 1.807) is 18.2 Å². The van der Waals surface area contributed by atoms with Crippen LogP contribution in [-0.2, 0) is 0 Å². The van der Waals surface area contributed by atoms with Crippen LogP contribution in [-0.4, -0.2) is 4.98 Å². The molecule has 7 heteroatoms. The molecule has 2 aromatic rings. The van der Waals surface area contributed by atoms with Crippen molar-refractivity contribution in [2.24, 2.45) is 0 Å². The Morgan fingerprint density at radius 3 is 2.44 bits per heavy atom. The molecular weight excluding hydrogens is 267 g/mol. The van der Waals surface area contributed by atoms with Gasteiger partial charge in [0.15, 0.2) is 0 Å². The van der Waals surface area contributed by atoms with E-state index in [1.807, 2.05) is 0 Å². The van der Waals surface area contributed by atoms with Crippen molar-refractivity contribution in [3.8, 4) is 0 Å². The molecule has 94 valence electrons. The first-order valence-corrected chi connectivity index (χ1v) is 5.20. The summed E-state index contributed by atoms with van der Waals surface area (Å²) in [7, 11) is 0. The summed E-state index contributed by atoms with van der Waals surface area (Å²) >= 11 is 5.53. The fourth-order valence-electron chi connectivity index (χ4n) is 1.34. The lowest BCUT2D eigenvalue weighted by Gasteiger charge is -2.11. The third-order valence-electron chi connectivity index (χ3n) is 2.22. The molecule has 0 saturated heterocycles. The van der Waals surface area contributed by atoms with Crippen LogP contribution in [0.15, 0.2) is 24.3 Å². The van der Waals surface area contributed by atoms with Gasteiger partial charge in [0, 0.05) is 0 Å². The molecule has 0 aliphatic carbocycles. The number of nitrogens with zero attached hydrogens (tertiary/aromatic N) is 1. The van der Waals surface area contributed by atoms with Crippen molar-refractivity contribution in [2.45, 2.75) is 0 Å². The van der Waals surface area contributed by atoms with Crippen molar-refractivity contribution in [3.63, 3.8) is 0 Å². The van der Waals surface area contributed by atoms with Crippen LogP contribution in [0.1, 0.15) is 0 Å². The summed E-state index contributed by atoms with van der Waals surface area (Å²) in [5.74, 6) is -4.24. The number of benzene rings is 1. The number of nitrogens with two attached hydrogens (primary N) is 1. The van der Waals surface area contributed by atoms with E-state index >= 15 is 0 Å². The van der Waals surface area contributed by atoms with Gasteiger partial charge >= 0.3 is 0 Å². The molecule has 3 N–H and O–H groups in total. The Morgan fingerprint density at radius 1 is 1.11 bits per heavy atom. The number of anilines is 3. The first kappa shape index (κ1) is 12.5. The predicted octanol–water partition coefficient (Wildman–Crippen LogP) is 3.48. The van der Waals surface area contributed by atoms with Crippen molar-refractivity contribution in [2.75, 3.05) is 11.1 Å². The number of rotatable bonds is 2. The van der Waals surface area contributed by atoms with Crippen molar-refractivity contribution in [1.82, 2.24) is 4.98 Å². The molecule has 0 amide bonds. The molecule has 0 atom stereocenters. The number of aromatic nitrogens is 1. The maximum atomic E-state index is 13.5. The summed E-state index contributed by atoms with van der Waals surface area (Å²) in [6.45, 7) is 0. The number of nitrogens with one attached hydrogen (secondary N) is 1. The van der Waals surface area contributed by atoms with E-state index < -0.39 is 28.4 Å². The van der Waals surface area contributed by atoms with E-state index in [1.165, 1.54) is 6.07 Å². The van der Waals surface area contributed by atoms with Gasteiger partial charge in [-0.15, -0.1) is 0 Å². The minimum absolute atomic E-state index is 0.281. The van der Waals surface area contributed by atoms with E-state index in [4.69, 9.17) is 17.3 Å². The van der Waals surface area contributed by atoms with Gasteiger partial charge in [0.2, 0.25) is 11.8 Å². The number of para-hydroxylation sites is 2. The second kappa shape index (κ2) is 4.73. The molecule has 0 fully saturated rings. The number of hydrogen-bond acceptors (Lipinski definition) is 3. The smallest absolute Gasteiger partial charge is 0.253 e. The summed E-state index contributed by atoms with van der Waals surface area (Å²) in [4.78, 5) is 2.69. The predicted molar refractivity (Wildman–Crippen MR) is 63.3 cm³/mol. The lowest BCUT2D eigenvalue weighted by atomic mass is 10.2. The molecule has 0 bridgehead atoms. The largest absolute Gasteiger partial charge is 0.397 e. The Morgan fingerprint density at radius 2 is 1.78 bits per heavy atom. The second-order valence-corrected chi connectivity index (χ2v) is 3.79. The monoisotopic (exact) mass is 273 g/mol. The Kier molecular flexibility index (Phi) is 3.29. The molecule has 1 heterocycles. The Balaban J connectivity index is 2.50. The SMILES string of the molecule is Nc1ccccc1Nc1c(F)c(F)nc(F)c1Cl. The van der Waals surface area contributed by atoms with Gasteiger partial charge in [-0.05, 0) is 12.1 Å². The highest BCUT2D eigenvalue weighted by Gasteiger charge is 2.19. The van der Waals surface area contributed by atoms with Gasteiger partial charge in [-0.1, -0.05) is 23.7 Å². The van der Waals surface area contributed by atoms with Crippen molar-refractivity contribution in [1.29, 1.82) is 0 Å². The number of nitrogen functional groups attached to an aromatic ring is 1. The first-order chi connectivity index (χ1) is 8.50. The molecular formula is C11H7ClF3N3. The lowest BCUT2D eigenvalue weighted by molar-refractivity contribution is 0.450. The number of hydrogen-bond donors (Lipinski definition) is 2. The van der Waals surface area contributed by atoms with Gasteiger partial charge in [0.05, 0.1) is 11.4 Å². The fraction of sp³-hybridized carbons (Fsp3) is 0. The summed E-state index contributed by atoms with van der Waals surface area (Å²) in [5, 5.41) is 1.80. The molecule has 2 rings (SSSR count). The average molecular weight is 274 g/mol. The van der Waals surface area contributed by atoms with Crippen LogP contribution in [0, 0.1) is 17.7 Å². The normalized spacial score (nSPS) is 10.4.